The monoisotopic (exact) mass is 446 g/mol. The van der Waals surface area contributed by atoms with Crippen molar-refractivity contribution in [3.63, 3.8) is 0 Å². The number of carboxylic acid groups (broad SMARTS) is 2. The Kier molecular flexibility index (Phi) is 11.2. The van der Waals surface area contributed by atoms with Gasteiger partial charge >= 0.3 is 11.9 Å². The predicted molar refractivity (Wildman–Crippen MR) is 102 cm³/mol. The molecule has 0 aromatic rings. The number of hydrogen-bond donors (Lipinski definition) is 8. The minimum atomic E-state index is -1.70. The van der Waals surface area contributed by atoms with Crippen LogP contribution in [-0.4, -0.2) is 75.9 Å². The van der Waals surface area contributed by atoms with Gasteiger partial charge in [0, 0.05) is 6.42 Å². The van der Waals surface area contributed by atoms with Crippen LogP contribution in [0.2, 0.25) is 0 Å². The van der Waals surface area contributed by atoms with Gasteiger partial charge in [-0.3, -0.25) is 33.6 Å². The molecule has 0 aliphatic heterocycles. The Morgan fingerprint density at radius 3 is 1.74 bits per heavy atom. The van der Waals surface area contributed by atoms with Gasteiger partial charge in [0.2, 0.25) is 29.5 Å². The second kappa shape index (κ2) is 12.7. The van der Waals surface area contributed by atoms with Crippen molar-refractivity contribution in [3.8, 4) is 0 Å². The molecule has 0 fully saturated rings. The molecular formula is C16H26N6O9. The van der Waals surface area contributed by atoms with Gasteiger partial charge in [-0.15, -0.1) is 0 Å². The summed E-state index contributed by atoms with van der Waals surface area (Å²) in [6, 6.07) is -5.95. The summed E-state index contributed by atoms with van der Waals surface area (Å²) in [4.78, 5) is 80.6. The lowest BCUT2D eigenvalue weighted by Crippen LogP contribution is -2.57. The van der Waals surface area contributed by atoms with Crippen molar-refractivity contribution in [3.05, 3.63) is 0 Å². The molecular weight excluding hydrogens is 420 g/mol. The molecule has 31 heavy (non-hydrogen) atoms. The molecule has 0 saturated heterocycles. The van der Waals surface area contributed by atoms with Gasteiger partial charge in [0.05, 0.1) is 18.9 Å². The van der Waals surface area contributed by atoms with E-state index in [0.29, 0.717) is 0 Å². The number of nitrogens with one attached hydrogen (secondary N) is 3. The molecule has 15 heteroatoms. The molecule has 0 bridgehead atoms. The van der Waals surface area contributed by atoms with Gasteiger partial charge in [0.1, 0.15) is 18.1 Å². The Morgan fingerprint density at radius 2 is 1.29 bits per heavy atom. The highest BCUT2D eigenvalue weighted by molar-refractivity contribution is 5.96. The van der Waals surface area contributed by atoms with Crippen LogP contribution in [0.4, 0.5) is 0 Å². The second-order valence-electron chi connectivity index (χ2n) is 6.57. The minimum Gasteiger partial charge on any atom is -0.481 e. The lowest BCUT2D eigenvalue weighted by Gasteiger charge is -2.23. The Morgan fingerprint density at radius 1 is 0.774 bits per heavy atom. The number of nitrogens with two attached hydrogens (primary N) is 3. The van der Waals surface area contributed by atoms with Crippen molar-refractivity contribution >= 4 is 41.5 Å². The van der Waals surface area contributed by atoms with Crippen molar-refractivity contribution in [1.29, 1.82) is 0 Å². The van der Waals surface area contributed by atoms with E-state index < -0.39 is 78.5 Å². The fraction of sp³-hybridized carbons (Fsp3) is 0.562. The Labute approximate surface area is 176 Å². The third-order valence-electron chi connectivity index (χ3n) is 3.81. The van der Waals surface area contributed by atoms with Crippen molar-refractivity contribution < 1.29 is 43.8 Å². The van der Waals surface area contributed by atoms with E-state index in [4.69, 9.17) is 27.4 Å². The van der Waals surface area contributed by atoms with Gasteiger partial charge < -0.3 is 43.4 Å². The largest absolute Gasteiger partial charge is 0.481 e. The highest BCUT2D eigenvalue weighted by Crippen LogP contribution is 2.03. The highest BCUT2D eigenvalue weighted by atomic mass is 16.4. The molecule has 15 nitrogen and oxygen atoms in total. The summed E-state index contributed by atoms with van der Waals surface area (Å²) in [6.45, 7) is 1.12. The summed E-state index contributed by atoms with van der Waals surface area (Å²) in [5.41, 5.74) is 15.5. The van der Waals surface area contributed by atoms with Crippen LogP contribution in [0.1, 0.15) is 32.6 Å². The molecule has 11 N–H and O–H groups in total. The smallest absolute Gasteiger partial charge is 0.325 e. The molecule has 5 amide bonds. The third-order valence-corrected chi connectivity index (χ3v) is 3.81. The summed E-state index contributed by atoms with van der Waals surface area (Å²) in [7, 11) is 0. The zero-order valence-corrected chi connectivity index (χ0v) is 16.6. The zero-order chi connectivity index (χ0) is 24.3. The van der Waals surface area contributed by atoms with E-state index >= 15 is 0 Å². The quantitative estimate of drug-likeness (QED) is 0.126. The fourth-order valence-corrected chi connectivity index (χ4v) is 2.18. The molecule has 0 aliphatic rings. The van der Waals surface area contributed by atoms with Gasteiger partial charge in [-0.1, -0.05) is 0 Å². The third kappa shape index (κ3) is 11.1. The molecule has 0 aromatic carbocycles. The van der Waals surface area contributed by atoms with Crippen LogP contribution in [-0.2, 0) is 33.6 Å². The summed E-state index contributed by atoms with van der Waals surface area (Å²) in [6.07, 6.45) is -2.13. The van der Waals surface area contributed by atoms with E-state index in [1.807, 2.05) is 5.32 Å². The lowest BCUT2D eigenvalue weighted by atomic mass is 10.1. The average molecular weight is 446 g/mol. The summed E-state index contributed by atoms with van der Waals surface area (Å²) < 4.78 is 0. The molecule has 174 valence electrons. The van der Waals surface area contributed by atoms with Crippen LogP contribution in [0.15, 0.2) is 0 Å². The van der Waals surface area contributed by atoms with Gasteiger partial charge in [-0.2, -0.15) is 0 Å². The number of hydrogen-bond acceptors (Lipinski definition) is 8. The molecule has 0 rings (SSSR count). The lowest BCUT2D eigenvalue weighted by molar-refractivity contribution is -0.143. The summed E-state index contributed by atoms with van der Waals surface area (Å²) >= 11 is 0. The number of carboxylic acids is 2. The van der Waals surface area contributed by atoms with Crippen molar-refractivity contribution in [2.45, 2.75) is 56.8 Å². The van der Waals surface area contributed by atoms with Crippen LogP contribution in [0.3, 0.4) is 0 Å². The molecule has 0 aromatic heterocycles. The Hall–Kier alpha value is -3.75. The second-order valence-corrected chi connectivity index (χ2v) is 6.57. The highest BCUT2D eigenvalue weighted by Gasteiger charge is 2.31. The summed E-state index contributed by atoms with van der Waals surface area (Å²) in [5.74, 6) is -7.72. The van der Waals surface area contributed by atoms with Crippen molar-refractivity contribution in [2.24, 2.45) is 17.2 Å². The van der Waals surface area contributed by atoms with Crippen LogP contribution >= 0.6 is 0 Å². The van der Waals surface area contributed by atoms with Crippen LogP contribution in [0.5, 0.6) is 0 Å². The number of carbonyl (C=O) groups is 7. The minimum absolute atomic E-state index is 0.330. The first-order chi connectivity index (χ1) is 14.2. The first-order valence-electron chi connectivity index (χ1n) is 8.92. The van der Waals surface area contributed by atoms with Crippen molar-refractivity contribution in [2.75, 3.05) is 0 Å². The van der Waals surface area contributed by atoms with Crippen molar-refractivity contribution in [1.82, 2.24) is 16.0 Å². The standard InChI is InChI=1S/C16H26N6O9/c1-6(16(30)31)20-15(29)9(5-12(25)26)22-14(28)8(2-3-10(18)23)21-13(27)7(17)4-11(19)24/h6-9H,2-5,17H2,1H3,(H2,18,23)(H2,19,24)(H,20,29)(H,21,27)(H,22,28)(H,25,26)(H,30,31). The van der Waals surface area contributed by atoms with E-state index in [9.17, 15) is 33.6 Å². The molecule has 4 unspecified atom stereocenters. The molecule has 0 heterocycles. The molecule has 0 saturated carbocycles. The van der Waals surface area contributed by atoms with E-state index in [1.54, 1.807) is 0 Å². The number of amides is 5. The van der Waals surface area contributed by atoms with Gasteiger partial charge in [-0.05, 0) is 13.3 Å². The maximum Gasteiger partial charge on any atom is 0.325 e. The van der Waals surface area contributed by atoms with E-state index in [-0.39, 0.29) is 12.8 Å². The fourth-order valence-electron chi connectivity index (χ4n) is 2.18. The van der Waals surface area contributed by atoms with Gasteiger partial charge in [-0.25, -0.2) is 0 Å². The summed E-state index contributed by atoms with van der Waals surface area (Å²) in [5, 5.41) is 24.1. The predicted octanol–water partition coefficient (Wildman–Crippen LogP) is -4.51. The molecule has 0 spiro atoms. The maximum absolute atomic E-state index is 12.6. The van der Waals surface area contributed by atoms with Gasteiger partial charge in [0.25, 0.3) is 0 Å². The molecule has 4 atom stereocenters. The van der Waals surface area contributed by atoms with Crippen LogP contribution in [0.25, 0.3) is 0 Å². The Balaban J connectivity index is 5.45. The van der Waals surface area contributed by atoms with E-state index in [0.717, 1.165) is 6.92 Å². The van der Waals surface area contributed by atoms with Crippen LogP contribution < -0.4 is 33.2 Å². The maximum atomic E-state index is 12.6. The SMILES string of the molecule is CC(NC(=O)C(CC(=O)O)NC(=O)C(CCC(N)=O)NC(=O)C(N)CC(N)=O)C(=O)O. The van der Waals surface area contributed by atoms with E-state index in [2.05, 4.69) is 10.6 Å². The number of primary amides is 2. The number of aliphatic carboxylic acids is 2. The number of carbonyl (C=O) groups excluding carboxylic acids is 5. The Bertz CT molecular complexity index is 741. The normalized spacial score (nSPS) is 14.3. The molecule has 0 radical (unpaired) electrons. The first-order valence-corrected chi connectivity index (χ1v) is 8.92. The molecule has 0 aliphatic carbocycles. The topological polar surface area (TPSA) is 274 Å². The van der Waals surface area contributed by atoms with E-state index in [1.165, 1.54) is 0 Å². The number of rotatable bonds is 14. The first kappa shape index (κ1) is 27.2. The zero-order valence-electron chi connectivity index (χ0n) is 16.6. The average Bonchev–Trinajstić information content (AvgIpc) is 2.62. The van der Waals surface area contributed by atoms with Crippen LogP contribution in [0, 0.1) is 0 Å². The van der Waals surface area contributed by atoms with Gasteiger partial charge in [0.15, 0.2) is 0 Å².